The minimum absolute atomic E-state index is 0.0821. The molecule has 0 N–H and O–H groups in total. The third-order valence-electron chi connectivity index (χ3n) is 4.09. The molecule has 1 saturated carbocycles. The highest BCUT2D eigenvalue weighted by Gasteiger charge is 2.21. The molecule has 1 nitrogen and oxygen atoms in total. The Morgan fingerprint density at radius 2 is 1.94 bits per heavy atom. The number of nitrogens with zero attached hydrogens (tertiary/aromatic N) is 1. The Morgan fingerprint density at radius 1 is 1.28 bits per heavy atom. The molecule has 1 aliphatic rings. The van der Waals surface area contributed by atoms with Crippen LogP contribution in [0.2, 0.25) is 0 Å². The van der Waals surface area contributed by atoms with Crippen LogP contribution in [0, 0.1) is 17.6 Å². The highest BCUT2D eigenvalue weighted by molar-refractivity contribution is 5.21. The molecule has 0 heterocycles. The molecule has 1 unspecified atom stereocenters. The van der Waals surface area contributed by atoms with Crippen LogP contribution < -0.4 is 0 Å². The van der Waals surface area contributed by atoms with E-state index in [9.17, 15) is 8.78 Å². The van der Waals surface area contributed by atoms with Crippen molar-refractivity contribution in [2.45, 2.75) is 38.6 Å². The summed E-state index contributed by atoms with van der Waals surface area (Å²) in [6.45, 7) is 2.91. The number of benzene rings is 1. The van der Waals surface area contributed by atoms with Crippen LogP contribution in [0.15, 0.2) is 18.2 Å². The van der Waals surface area contributed by atoms with Crippen LogP contribution in [0.4, 0.5) is 8.78 Å². The van der Waals surface area contributed by atoms with Crippen LogP contribution in [0.1, 0.15) is 44.2 Å². The van der Waals surface area contributed by atoms with Crippen LogP contribution in [-0.2, 0) is 0 Å². The molecule has 1 fully saturated rings. The van der Waals surface area contributed by atoms with Gasteiger partial charge in [0.05, 0.1) is 0 Å². The minimum Gasteiger partial charge on any atom is -0.299 e. The van der Waals surface area contributed by atoms with Gasteiger partial charge in [-0.25, -0.2) is 8.78 Å². The number of hydrogen-bond donors (Lipinski definition) is 0. The monoisotopic (exact) mass is 253 g/mol. The van der Waals surface area contributed by atoms with E-state index in [2.05, 4.69) is 4.90 Å². The molecular formula is C15H21F2N. The van der Waals surface area contributed by atoms with Gasteiger partial charge in [0.25, 0.3) is 0 Å². The summed E-state index contributed by atoms with van der Waals surface area (Å²) in [4.78, 5) is 2.13. The van der Waals surface area contributed by atoms with E-state index in [0.29, 0.717) is 11.5 Å². The van der Waals surface area contributed by atoms with Crippen molar-refractivity contribution >= 4 is 0 Å². The van der Waals surface area contributed by atoms with Crippen LogP contribution in [0.25, 0.3) is 0 Å². The molecule has 0 spiro atoms. The van der Waals surface area contributed by atoms with E-state index in [4.69, 9.17) is 0 Å². The third-order valence-corrected chi connectivity index (χ3v) is 4.09. The summed E-state index contributed by atoms with van der Waals surface area (Å²) >= 11 is 0. The lowest BCUT2D eigenvalue weighted by atomic mass is 10.0. The van der Waals surface area contributed by atoms with E-state index in [1.54, 1.807) is 0 Å². The first-order valence-electron chi connectivity index (χ1n) is 6.73. The van der Waals surface area contributed by atoms with Crippen molar-refractivity contribution in [2.24, 2.45) is 5.92 Å². The van der Waals surface area contributed by atoms with Crippen molar-refractivity contribution in [3.63, 3.8) is 0 Å². The highest BCUT2D eigenvalue weighted by atomic mass is 19.1. The average molecular weight is 253 g/mol. The summed E-state index contributed by atoms with van der Waals surface area (Å²) in [6.07, 6.45) is 5.15. The maximum atomic E-state index is 13.7. The van der Waals surface area contributed by atoms with Crippen LogP contribution in [0.3, 0.4) is 0 Å². The molecule has 0 amide bonds. The van der Waals surface area contributed by atoms with E-state index in [-0.39, 0.29) is 17.7 Å². The van der Waals surface area contributed by atoms with Crippen LogP contribution >= 0.6 is 0 Å². The molecule has 18 heavy (non-hydrogen) atoms. The van der Waals surface area contributed by atoms with E-state index in [1.165, 1.54) is 43.9 Å². The molecule has 3 heteroatoms. The SMILES string of the molecule is CC(c1cc(F)ccc1F)N(C)CC1CCCC1. The first-order valence-corrected chi connectivity index (χ1v) is 6.73. The van der Waals surface area contributed by atoms with Crippen LogP contribution in [-0.4, -0.2) is 18.5 Å². The van der Waals surface area contributed by atoms with Gasteiger partial charge in [0, 0.05) is 18.2 Å². The molecule has 0 aromatic heterocycles. The van der Waals surface area contributed by atoms with Gasteiger partial charge in [0.1, 0.15) is 11.6 Å². The van der Waals surface area contributed by atoms with Gasteiger partial charge in [-0.15, -0.1) is 0 Å². The van der Waals surface area contributed by atoms with Gasteiger partial charge in [0.2, 0.25) is 0 Å². The number of hydrogen-bond acceptors (Lipinski definition) is 1. The third kappa shape index (κ3) is 3.08. The Bertz CT molecular complexity index is 399. The molecule has 0 bridgehead atoms. The summed E-state index contributed by atoms with van der Waals surface area (Å²) in [5.74, 6) is 0.0313. The number of halogens is 2. The first-order chi connectivity index (χ1) is 8.58. The number of rotatable bonds is 4. The van der Waals surface area contributed by atoms with Crippen molar-refractivity contribution in [3.8, 4) is 0 Å². The predicted octanol–water partition coefficient (Wildman–Crippen LogP) is 4.15. The summed E-state index contributed by atoms with van der Waals surface area (Å²) in [5, 5.41) is 0. The lowest BCUT2D eigenvalue weighted by Gasteiger charge is -2.28. The molecule has 1 atom stereocenters. The zero-order chi connectivity index (χ0) is 13.1. The fourth-order valence-electron chi connectivity index (χ4n) is 2.83. The summed E-state index contributed by atoms with van der Waals surface area (Å²) < 4.78 is 26.9. The second kappa shape index (κ2) is 5.79. The van der Waals surface area contributed by atoms with Crippen molar-refractivity contribution in [2.75, 3.05) is 13.6 Å². The largest absolute Gasteiger partial charge is 0.299 e. The second-order valence-electron chi connectivity index (χ2n) is 5.43. The lowest BCUT2D eigenvalue weighted by Crippen LogP contribution is -2.28. The Hall–Kier alpha value is -0.960. The molecule has 0 aliphatic heterocycles. The molecule has 100 valence electrons. The Labute approximate surface area is 108 Å². The Morgan fingerprint density at radius 3 is 2.61 bits per heavy atom. The fraction of sp³-hybridized carbons (Fsp3) is 0.600. The van der Waals surface area contributed by atoms with Gasteiger partial charge in [-0.1, -0.05) is 12.8 Å². The van der Waals surface area contributed by atoms with Crippen molar-refractivity contribution in [1.82, 2.24) is 4.90 Å². The summed E-state index contributed by atoms with van der Waals surface area (Å²) in [7, 11) is 1.99. The topological polar surface area (TPSA) is 3.24 Å². The van der Waals surface area contributed by atoms with E-state index < -0.39 is 0 Å². The zero-order valence-electron chi connectivity index (χ0n) is 11.1. The van der Waals surface area contributed by atoms with Crippen molar-refractivity contribution in [3.05, 3.63) is 35.4 Å². The van der Waals surface area contributed by atoms with Gasteiger partial charge in [0.15, 0.2) is 0 Å². The maximum Gasteiger partial charge on any atom is 0.128 e. The Balaban J connectivity index is 2.04. The molecule has 1 aliphatic carbocycles. The molecule has 1 aromatic carbocycles. The maximum absolute atomic E-state index is 13.7. The standard InChI is InChI=1S/C15H21F2N/c1-11(14-9-13(16)7-8-15(14)17)18(2)10-12-5-3-4-6-12/h7-9,11-12H,3-6,10H2,1-2H3. The van der Waals surface area contributed by atoms with Crippen molar-refractivity contribution in [1.29, 1.82) is 0 Å². The summed E-state index contributed by atoms with van der Waals surface area (Å²) in [6, 6.07) is 3.61. The normalized spacial score (nSPS) is 18.5. The van der Waals surface area contributed by atoms with Gasteiger partial charge in [-0.3, -0.25) is 4.90 Å². The highest BCUT2D eigenvalue weighted by Crippen LogP contribution is 2.29. The molecule has 0 saturated heterocycles. The van der Waals surface area contributed by atoms with Crippen LogP contribution in [0.5, 0.6) is 0 Å². The van der Waals surface area contributed by atoms with E-state index >= 15 is 0 Å². The molecule has 2 rings (SSSR count). The zero-order valence-corrected chi connectivity index (χ0v) is 11.1. The fourth-order valence-corrected chi connectivity index (χ4v) is 2.83. The molecular weight excluding hydrogens is 232 g/mol. The average Bonchev–Trinajstić information content (AvgIpc) is 2.84. The summed E-state index contributed by atoms with van der Waals surface area (Å²) in [5.41, 5.74) is 0.454. The van der Waals surface area contributed by atoms with E-state index in [0.717, 1.165) is 6.54 Å². The van der Waals surface area contributed by atoms with Gasteiger partial charge in [-0.2, -0.15) is 0 Å². The van der Waals surface area contributed by atoms with Gasteiger partial charge >= 0.3 is 0 Å². The van der Waals surface area contributed by atoms with Crippen molar-refractivity contribution < 1.29 is 8.78 Å². The lowest BCUT2D eigenvalue weighted by molar-refractivity contribution is 0.217. The quantitative estimate of drug-likeness (QED) is 0.779. The smallest absolute Gasteiger partial charge is 0.128 e. The van der Waals surface area contributed by atoms with Gasteiger partial charge in [-0.05, 0) is 50.9 Å². The second-order valence-corrected chi connectivity index (χ2v) is 5.43. The molecule has 1 aromatic rings. The Kier molecular flexibility index (Phi) is 4.33. The predicted molar refractivity (Wildman–Crippen MR) is 69.4 cm³/mol. The first kappa shape index (κ1) is 13.5. The van der Waals surface area contributed by atoms with E-state index in [1.807, 2.05) is 14.0 Å². The van der Waals surface area contributed by atoms with Gasteiger partial charge < -0.3 is 0 Å². The molecule has 0 radical (unpaired) electrons. The minimum atomic E-state index is -0.368.